The zero-order valence-electron chi connectivity index (χ0n) is 10.3. The van der Waals surface area contributed by atoms with Crippen molar-refractivity contribution >= 4 is 11.7 Å². The van der Waals surface area contributed by atoms with Crippen LogP contribution < -0.4 is 0 Å². The van der Waals surface area contributed by atoms with E-state index in [0.717, 1.165) is 12.8 Å². The minimum absolute atomic E-state index is 0.0406. The van der Waals surface area contributed by atoms with Gasteiger partial charge in [0.2, 0.25) is 11.7 Å². The molecule has 2 aromatic rings. The van der Waals surface area contributed by atoms with Gasteiger partial charge in [0.15, 0.2) is 0 Å². The van der Waals surface area contributed by atoms with Crippen LogP contribution in [0.5, 0.6) is 0 Å². The van der Waals surface area contributed by atoms with Crippen LogP contribution in [0.3, 0.4) is 0 Å². The normalized spacial score (nSPS) is 14.2. The van der Waals surface area contributed by atoms with E-state index in [4.69, 9.17) is 9.52 Å². The SMILES string of the molecule is O=C(O)c1oc(-c2ccc([N+](=O)[O-])cc2)nc1C1CC1. The van der Waals surface area contributed by atoms with Gasteiger partial charge in [0.1, 0.15) is 0 Å². The van der Waals surface area contributed by atoms with Crippen LogP contribution in [0.15, 0.2) is 28.7 Å². The minimum atomic E-state index is -1.15. The summed E-state index contributed by atoms with van der Waals surface area (Å²) in [5.74, 6) is -0.954. The molecule has 1 saturated carbocycles. The fourth-order valence-electron chi connectivity index (χ4n) is 1.97. The number of hydrogen-bond acceptors (Lipinski definition) is 5. The Morgan fingerprint density at radius 3 is 2.50 bits per heavy atom. The van der Waals surface area contributed by atoms with Crippen molar-refractivity contribution in [2.75, 3.05) is 0 Å². The number of nitro benzene ring substituents is 1. The molecular weight excluding hydrogens is 264 g/mol. The van der Waals surface area contributed by atoms with Crippen LogP contribution in [0.2, 0.25) is 0 Å². The van der Waals surface area contributed by atoms with Crippen molar-refractivity contribution in [1.82, 2.24) is 4.98 Å². The van der Waals surface area contributed by atoms with E-state index in [1.807, 2.05) is 0 Å². The number of nitro groups is 1. The van der Waals surface area contributed by atoms with Crippen LogP contribution in [0.1, 0.15) is 35.0 Å². The molecule has 1 aromatic heterocycles. The number of non-ortho nitro benzene ring substituents is 1. The molecule has 0 amide bonds. The van der Waals surface area contributed by atoms with Crippen molar-refractivity contribution in [3.05, 3.63) is 45.8 Å². The van der Waals surface area contributed by atoms with Crippen LogP contribution in [-0.2, 0) is 0 Å². The van der Waals surface area contributed by atoms with Crippen LogP contribution in [0.25, 0.3) is 11.5 Å². The Kier molecular flexibility index (Phi) is 2.74. The Morgan fingerprint density at radius 1 is 1.35 bits per heavy atom. The van der Waals surface area contributed by atoms with Gasteiger partial charge in [-0.15, -0.1) is 0 Å². The van der Waals surface area contributed by atoms with Gasteiger partial charge in [-0.25, -0.2) is 9.78 Å². The summed E-state index contributed by atoms with van der Waals surface area (Å²) in [6.45, 7) is 0. The van der Waals surface area contributed by atoms with Gasteiger partial charge in [-0.2, -0.15) is 0 Å². The average molecular weight is 274 g/mol. The third-order valence-corrected chi connectivity index (χ3v) is 3.14. The number of hydrogen-bond donors (Lipinski definition) is 1. The zero-order valence-corrected chi connectivity index (χ0v) is 10.3. The van der Waals surface area contributed by atoms with Gasteiger partial charge < -0.3 is 9.52 Å². The Hall–Kier alpha value is -2.70. The summed E-state index contributed by atoms with van der Waals surface area (Å²) in [5, 5.41) is 19.7. The first kappa shape index (κ1) is 12.3. The second-order valence-electron chi connectivity index (χ2n) is 4.62. The van der Waals surface area contributed by atoms with Gasteiger partial charge in [0, 0.05) is 23.6 Å². The molecule has 1 aliphatic carbocycles. The predicted octanol–water partition coefficient (Wildman–Crippen LogP) is 2.83. The molecule has 20 heavy (non-hydrogen) atoms. The monoisotopic (exact) mass is 274 g/mol. The standard InChI is InChI=1S/C13H10N2O5/c16-13(17)11-10(7-1-2-7)14-12(20-11)8-3-5-9(6-4-8)15(18)19/h3-7H,1-2H2,(H,16,17). The highest BCUT2D eigenvalue weighted by molar-refractivity contribution is 5.86. The molecule has 0 spiro atoms. The number of benzene rings is 1. The highest BCUT2D eigenvalue weighted by atomic mass is 16.6. The second kappa shape index (κ2) is 4.44. The first-order valence-electron chi connectivity index (χ1n) is 6.05. The van der Waals surface area contributed by atoms with Crippen LogP contribution in [-0.4, -0.2) is 21.0 Å². The summed E-state index contributed by atoms with van der Waals surface area (Å²) in [6.07, 6.45) is 1.82. The fraction of sp³-hybridized carbons (Fsp3) is 0.231. The molecule has 0 aliphatic heterocycles. The van der Waals surface area contributed by atoms with Crippen molar-refractivity contribution < 1.29 is 19.2 Å². The van der Waals surface area contributed by atoms with Gasteiger partial charge in [-0.1, -0.05) is 0 Å². The Bertz CT molecular complexity index is 685. The van der Waals surface area contributed by atoms with Gasteiger partial charge in [-0.05, 0) is 25.0 Å². The third kappa shape index (κ3) is 2.13. The Morgan fingerprint density at radius 2 is 2.00 bits per heavy atom. The number of rotatable bonds is 4. The molecule has 0 bridgehead atoms. The molecule has 1 aromatic carbocycles. The van der Waals surface area contributed by atoms with Crippen molar-refractivity contribution in [2.45, 2.75) is 18.8 Å². The molecule has 0 atom stereocenters. The topological polar surface area (TPSA) is 106 Å². The average Bonchev–Trinajstić information content (AvgIpc) is 3.17. The van der Waals surface area contributed by atoms with Crippen molar-refractivity contribution in [3.63, 3.8) is 0 Å². The lowest BCUT2D eigenvalue weighted by Gasteiger charge is -1.94. The maximum atomic E-state index is 11.1. The lowest BCUT2D eigenvalue weighted by molar-refractivity contribution is -0.384. The summed E-state index contributed by atoms with van der Waals surface area (Å²) in [7, 11) is 0. The summed E-state index contributed by atoms with van der Waals surface area (Å²) >= 11 is 0. The minimum Gasteiger partial charge on any atom is -0.475 e. The Labute approximate surface area is 113 Å². The van der Waals surface area contributed by atoms with E-state index in [1.165, 1.54) is 24.3 Å². The highest BCUT2D eigenvalue weighted by Gasteiger charge is 2.33. The molecule has 102 valence electrons. The molecule has 1 heterocycles. The maximum Gasteiger partial charge on any atom is 0.373 e. The van der Waals surface area contributed by atoms with E-state index in [2.05, 4.69) is 4.98 Å². The van der Waals surface area contributed by atoms with E-state index in [-0.39, 0.29) is 23.3 Å². The smallest absolute Gasteiger partial charge is 0.373 e. The number of carbonyl (C=O) groups is 1. The predicted molar refractivity (Wildman–Crippen MR) is 67.5 cm³/mol. The summed E-state index contributed by atoms with van der Waals surface area (Å²) in [5.41, 5.74) is 0.942. The summed E-state index contributed by atoms with van der Waals surface area (Å²) in [6, 6.07) is 5.64. The number of carboxylic acid groups (broad SMARTS) is 1. The number of carboxylic acids is 1. The van der Waals surface area contributed by atoms with Crippen LogP contribution in [0, 0.1) is 10.1 Å². The van der Waals surface area contributed by atoms with E-state index < -0.39 is 10.9 Å². The first-order valence-corrected chi connectivity index (χ1v) is 6.05. The van der Waals surface area contributed by atoms with Crippen LogP contribution in [0.4, 0.5) is 5.69 Å². The van der Waals surface area contributed by atoms with E-state index >= 15 is 0 Å². The Balaban J connectivity index is 1.99. The van der Waals surface area contributed by atoms with Gasteiger partial charge in [-0.3, -0.25) is 10.1 Å². The van der Waals surface area contributed by atoms with Gasteiger partial charge in [0.05, 0.1) is 10.6 Å². The van der Waals surface area contributed by atoms with Crippen LogP contribution >= 0.6 is 0 Å². The van der Waals surface area contributed by atoms with Gasteiger partial charge in [0.25, 0.3) is 5.69 Å². The number of oxazole rings is 1. The van der Waals surface area contributed by atoms with Crippen molar-refractivity contribution in [1.29, 1.82) is 0 Å². The molecule has 0 unspecified atom stereocenters. The highest BCUT2D eigenvalue weighted by Crippen LogP contribution is 2.42. The lowest BCUT2D eigenvalue weighted by atomic mass is 10.2. The molecule has 1 fully saturated rings. The molecule has 1 N–H and O–H groups in total. The molecular formula is C13H10N2O5. The molecule has 0 radical (unpaired) electrons. The molecule has 3 rings (SSSR count). The summed E-state index contributed by atoms with van der Waals surface area (Å²) < 4.78 is 5.28. The van der Waals surface area contributed by atoms with Gasteiger partial charge >= 0.3 is 5.97 Å². The molecule has 7 nitrogen and oxygen atoms in total. The van der Waals surface area contributed by atoms with E-state index in [9.17, 15) is 14.9 Å². The van der Waals surface area contributed by atoms with Crippen molar-refractivity contribution in [3.8, 4) is 11.5 Å². The lowest BCUT2D eigenvalue weighted by Crippen LogP contribution is -1.98. The van der Waals surface area contributed by atoms with Crippen molar-refractivity contribution in [2.24, 2.45) is 0 Å². The summed E-state index contributed by atoms with van der Waals surface area (Å²) in [4.78, 5) is 25.4. The number of nitrogens with zero attached hydrogens (tertiary/aromatic N) is 2. The van der Waals surface area contributed by atoms with E-state index in [0.29, 0.717) is 11.3 Å². The largest absolute Gasteiger partial charge is 0.475 e. The third-order valence-electron chi connectivity index (χ3n) is 3.14. The second-order valence-corrected chi connectivity index (χ2v) is 4.62. The van der Waals surface area contributed by atoms with E-state index in [1.54, 1.807) is 0 Å². The number of aromatic carboxylic acids is 1. The fourth-order valence-corrected chi connectivity index (χ4v) is 1.97. The molecule has 1 aliphatic rings. The first-order chi connectivity index (χ1) is 9.56. The number of aromatic nitrogens is 1. The quantitative estimate of drug-likeness (QED) is 0.678. The molecule has 7 heteroatoms. The zero-order chi connectivity index (χ0) is 14.3. The maximum absolute atomic E-state index is 11.1. The molecule has 0 saturated heterocycles.